The van der Waals surface area contributed by atoms with Crippen molar-refractivity contribution >= 4 is 34.0 Å². The molecule has 0 radical (unpaired) electrons. The van der Waals surface area contributed by atoms with Gasteiger partial charge in [-0.05, 0) is 56.0 Å². The zero-order chi connectivity index (χ0) is 28.1. The van der Waals surface area contributed by atoms with E-state index in [0.717, 1.165) is 62.9 Å². The van der Waals surface area contributed by atoms with Gasteiger partial charge in [-0.1, -0.05) is 43.0 Å². The third kappa shape index (κ3) is 6.91. The molecular formula is C30H32ClFN4O3S. The van der Waals surface area contributed by atoms with E-state index < -0.39 is 22.2 Å². The van der Waals surface area contributed by atoms with Crippen molar-refractivity contribution in [1.82, 2.24) is 10.3 Å². The summed E-state index contributed by atoms with van der Waals surface area (Å²) in [7, 11) is -0.684. The molecular weight excluding hydrogens is 551 g/mol. The number of carbonyl (C=O) groups excluding carboxylic acids is 1. The highest BCUT2D eigenvalue weighted by molar-refractivity contribution is 7.85. The molecule has 2 aliphatic carbocycles. The van der Waals surface area contributed by atoms with Gasteiger partial charge in [0.2, 0.25) is 11.8 Å². The summed E-state index contributed by atoms with van der Waals surface area (Å²) in [6, 6.07) is 14.6. The van der Waals surface area contributed by atoms with Crippen LogP contribution in [0.2, 0.25) is 5.02 Å². The van der Waals surface area contributed by atoms with E-state index in [0.29, 0.717) is 28.7 Å². The predicted octanol–water partition coefficient (Wildman–Crippen LogP) is 6.11. The van der Waals surface area contributed by atoms with Crippen molar-refractivity contribution in [3.8, 4) is 28.8 Å². The van der Waals surface area contributed by atoms with Crippen LogP contribution in [0.5, 0.6) is 0 Å². The Bertz CT molecular complexity index is 1400. The number of hydrogen-bond donors (Lipinski definition) is 1. The lowest BCUT2D eigenvalue weighted by Gasteiger charge is -2.28. The molecule has 0 unspecified atom stereocenters. The van der Waals surface area contributed by atoms with Gasteiger partial charge < -0.3 is 14.6 Å². The van der Waals surface area contributed by atoms with Crippen LogP contribution in [0.3, 0.4) is 0 Å². The normalized spacial score (nSPS) is 18.8. The Morgan fingerprint density at radius 3 is 2.40 bits per heavy atom. The van der Waals surface area contributed by atoms with E-state index in [4.69, 9.17) is 21.3 Å². The molecule has 1 saturated heterocycles. The van der Waals surface area contributed by atoms with Gasteiger partial charge in [0.25, 0.3) is 0 Å². The summed E-state index contributed by atoms with van der Waals surface area (Å²) in [4.78, 5) is 18.5. The van der Waals surface area contributed by atoms with Crippen LogP contribution in [0.4, 0.5) is 10.1 Å². The first-order valence-electron chi connectivity index (χ1n) is 13.7. The molecule has 0 bridgehead atoms. The topological polar surface area (TPSA) is 99.2 Å². The Labute approximate surface area is 241 Å². The quantitative estimate of drug-likeness (QED) is 0.390. The van der Waals surface area contributed by atoms with Crippen molar-refractivity contribution in [1.29, 1.82) is 5.26 Å². The first kappa shape index (κ1) is 28.3. The monoisotopic (exact) mass is 582 g/mol. The maximum absolute atomic E-state index is 13.3. The molecule has 10 heteroatoms. The highest BCUT2D eigenvalue weighted by Gasteiger charge is 2.45. The maximum Gasteiger partial charge on any atom is 0.226 e. The minimum absolute atomic E-state index is 0.0362. The third-order valence-electron chi connectivity index (χ3n) is 7.68. The van der Waals surface area contributed by atoms with Gasteiger partial charge >= 0.3 is 0 Å². The minimum atomic E-state index is -0.684. The van der Waals surface area contributed by atoms with Crippen LogP contribution in [-0.4, -0.2) is 45.2 Å². The molecule has 3 aliphatic rings. The van der Waals surface area contributed by atoms with Gasteiger partial charge in [-0.25, -0.2) is 9.37 Å². The van der Waals surface area contributed by atoms with Gasteiger partial charge in [-0.2, -0.15) is 5.26 Å². The van der Waals surface area contributed by atoms with Crippen LogP contribution < -0.4 is 10.2 Å². The molecule has 3 aromatic rings. The lowest BCUT2D eigenvalue weighted by molar-refractivity contribution is -0.126. The van der Waals surface area contributed by atoms with Gasteiger partial charge in [0.1, 0.15) is 23.3 Å². The molecule has 7 nitrogen and oxygen atoms in total. The fourth-order valence-electron chi connectivity index (χ4n) is 5.00. The number of amides is 1. The van der Waals surface area contributed by atoms with Crippen LogP contribution in [0.1, 0.15) is 44.9 Å². The fourth-order valence-corrected chi connectivity index (χ4v) is 6.23. The molecule has 40 heavy (non-hydrogen) atoms. The standard InChI is InChI=1S/C19H16ClFN2O2S.C11H16N2O/c20-16-11-14(3-6-17(16)21)19-22-18(12-25-19)13-1-4-15(5-2-13)23-7-9-26(24)10-8-23;12-8-11(6-7-11)13-10(14)9-4-2-1-3-5-9/h1-6,11-12H,7-10H2;9H,1-7H2,(H,13,14). The fraction of sp³-hybridized carbons (Fsp3) is 0.433. The van der Waals surface area contributed by atoms with Gasteiger partial charge in [-0.15, -0.1) is 0 Å². The maximum atomic E-state index is 13.3. The zero-order valence-corrected chi connectivity index (χ0v) is 23.8. The number of nitrogens with zero attached hydrogens (tertiary/aromatic N) is 3. The lowest BCUT2D eigenvalue weighted by atomic mass is 9.88. The molecule has 6 rings (SSSR count). The minimum Gasteiger partial charge on any atom is -0.444 e. The van der Waals surface area contributed by atoms with Crippen LogP contribution in [0.15, 0.2) is 53.1 Å². The van der Waals surface area contributed by atoms with Gasteiger partial charge in [0.05, 0.1) is 11.1 Å². The largest absolute Gasteiger partial charge is 0.444 e. The van der Waals surface area contributed by atoms with Gasteiger partial charge in [0.15, 0.2) is 0 Å². The van der Waals surface area contributed by atoms with E-state index in [9.17, 15) is 13.4 Å². The first-order valence-corrected chi connectivity index (χ1v) is 15.6. The molecule has 1 aliphatic heterocycles. The second-order valence-electron chi connectivity index (χ2n) is 10.6. The molecule has 2 saturated carbocycles. The summed E-state index contributed by atoms with van der Waals surface area (Å²) < 4.78 is 30.3. The van der Waals surface area contributed by atoms with Gasteiger partial charge in [0, 0.05) is 58.1 Å². The second kappa shape index (κ2) is 12.5. The molecule has 1 aromatic heterocycles. The van der Waals surface area contributed by atoms with Crippen LogP contribution in [-0.2, 0) is 15.6 Å². The van der Waals surface area contributed by atoms with Gasteiger partial charge in [-0.3, -0.25) is 9.00 Å². The molecule has 2 aromatic carbocycles. The summed E-state index contributed by atoms with van der Waals surface area (Å²) in [6.07, 6.45) is 8.85. The SMILES string of the molecule is N#CC1(NC(=O)C2CCCCC2)CC1.O=S1CCN(c2ccc(-c3coc(-c4ccc(F)c(Cl)c4)n3)cc2)CC1. The van der Waals surface area contributed by atoms with E-state index in [2.05, 4.69) is 21.3 Å². The van der Waals surface area contributed by atoms with Crippen molar-refractivity contribution in [2.75, 3.05) is 29.5 Å². The Morgan fingerprint density at radius 2 is 1.77 bits per heavy atom. The van der Waals surface area contributed by atoms with Crippen molar-refractivity contribution in [3.05, 3.63) is 59.6 Å². The van der Waals surface area contributed by atoms with Crippen molar-refractivity contribution in [2.45, 2.75) is 50.5 Å². The number of carbonyl (C=O) groups is 1. The van der Waals surface area contributed by atoms with E-state index in [-0.39, 0.29) is 16.8 Å². The molecule has 1 N–H and O–H groups in total. The summed E-state index contributed by atoms with van der Waals surface area (Å²) in [5.74, 6) is 1.64. The average Bonchev–Trinajstić information content (AvgIpc) is 3.58. The van der Waals surface area contributed by atoms with E-state index >= 15 is 0 Å². The van der Waals surface area contributed by atoms with Crippen molar-refractivity contribution in [2.24, 2.45) is 5.92 Å². The molecule has 0 spiro atoms. The van der Waals surface area contributed by atoms with E-state index in [1.165, 1.54) is 18.6 Å². The number of benzene rings is 2. The molecule has 0 atom stereocenters. The average molecular weight is 583 g/mol. The Morgan fingerprint density at radius 1 is 1.10 bits per heavy atom. The Kier molecular flexibility index (Phi) is 8.87. The number of oxazole rings is 1. The van der Waals surface area contributed by atoms with Crippen LogP contribution in [0.25, 0.3) is 22.7 Å². The number of rotatable bonds is 5. The highest BCUT2D eigenvalue weighted by Crippen LogP contribution is 2.35. The number of aromatic nitrogens is 1. The molecule has 3 fully saturated rings. The number of nitriles is 1. The first-order chi connectivity index (χ1) is 19.4. The summed E-state index contributed by atoms with van der Waals surface area (Å²) >= 11 is 5.82. The number of halogens is 2. The van der Waals surface area contributed by atoms with Crippen molar-refractivity contribution in [3.63, 3.8) is 0 Å². The third-order valence-corrected chi connectivity index (χ3v) is 9.24. The second-order valence-corrected chi connectivity index (χ2v) is 12.7. The predicted molar refractivity (Wildman–Crippen MR) is 155 cm³/mol. The summed E-state index contributed by atoms with van der Waals surface area (Å²) in [5, 5.41) is 11.8. The number of nitrogens with one attached hydrogen (secondary N) is 1. The number of anilines is 1. The molecule has 210 valence electrons. The molecule has 1 amide bonds. The summed E-state index contributed by atoms with van der Waals surface area (Å²) in [5.41, 5.74) is 2.89. The lowest BCUT2D eigenvalue weighted by Crippen LogP contribution is -2.40. The van der Waals surface area contributed by atoms with Crippen LogP contribution in [0, 0.1) is 23.1 Å². The smallest absolute Gasteiger partial charge is 0.226 e. The Balaban J connectivity index is 0.000000194. The van der Waals surface area contributed by atoms with E-state index in [1.807, 2.05) is 24.3 Å². The van der Waals surface area contributed by atoms with Crippen molar-refractivity contribution < 1.29 is 17.8 Å². The molecule has 2 heterocycles. The number of hydrogen-bond acceptors (Lipinski definition) is 6. The summed E-state index contributed by atoms with van der Waals surface area (Å²) in [6.45, 7) is 1.62. The van der Waals surface area contributed by atoms with E-state index in [1.54, 1.807) is 12.3 Å². The zero-order valence-electron chi connectivity index (χ0n) is 22.2. The van der Waals surface area contributed by atoms with Crippen LogP contribution >= 0.6 is 11.6 Å². The Hall–Kier alpha value is -3.22. The highest BCUT2D eigenvalue weighted by atomic mass is 35.5.